The molecule has 0 saturated heterocycles. The molecule has 0 aliphatic heterocycles. The Morgan fingerprint density at radius 3 is 2.93 bits per heavy atom. The molecule has 0 spiro atoms. The molecule has 0 fully saturated rings. The summed E-state index contributed by atoms with van der Waals surface area (Å²) >= 11 is 0. The van der Waals surface area contributed by atoms with Crippen LogP contribution >= 0.6 is 0 Å². The lowest BCUT2D eigenvalue weighted by Gasteiger charge is -2.18. The standard InChI is InChI=1S/C20H24N6O/c1-13-7-8-16-15(11-13)19(24-23-16)20-22-18(12-17(21)27)25-26(20)10-9-14-5-3-2-4-6-14/h2-6,13H,7-12H2,1H3,(H2,21,27)(H,23,24)/t13-/m0/s1. The number of amides is 1. The van der Waals surface area contributed by atoms with Crippen molar-refractivity contribution in [3.05, 3.63) is 53.0 Å². The predicted molar refractivity (Wildman–Crippen MR) is 102 cm³/mol. The first-order valence-corrected chi connectivity index (χ1v) is 9.42. The van der Waals surface area contributed by atoms with E-state index in [1.54, 1.807) is 0 Å². The number of hydrogen-bond acceptors (Lipinski definition) is 4. The Labute approximate surface area is 158 Å². The largest absolute Gasteiger partial charge is 0.369 e. The number of H-pyrrole nitrogens is 1. The van der Waals surface area contributed by atoms with Crippen molar-refractivity contribution >= 4 is 5.91 Å². The fourth-order valence-corrected chi connectivity index (χ4v) is 3.68. The number of hydrogen-bond donors (Lipinski definition) is 2. The Bertz CT molecular complexity index is 943. The van der Waals surface area contributed by atoms with E-state index in [0.29, 0.717) is 24.1 Å². The SMILES string of the molecule is C[C@H]1CCc2[nH]nc(-c3nc(CC(N)=O)nn3CCc3ccccc3)c2C1. The summed E-state index contributed by atoms with van der Waals surface area (Å²) in [6, 6.07) is 10.3. The highest BCUT2D eigenvalue weighted by molar-refractivity contribution is 5.75. The van der Waals surface area contributed by atoms with Crippen LogP contribution in [0.3, 0.4) is 0 Å². The molecule has 0 bridgehead atoms. The zero-order chi connectivity index (χ0) is 18.8. The van der Waals surface area contributed by atoms with Gasteiger partial charge in [0.15, 0.2) is 11.6 Å². The molecular weight excluding hydrogens is 340 g/mol. The van der Waals surface area contributed by atoms with Gasteiger partial charge < -0.3 is 5.73 Å². The lowest BCUT2D eigenvalue weighted by atomic mass is 9.87. The van der Waals surface area contributed by atoms with E-state index in [1.807, 2.05) is 22.9 Å². The van der Waals surface area contributed by atoms with Crippen molar-refractivity contribution in [1.82, 2.24) is 25.0 Å². The lowest BCUT2D eigenvalue weighted by molar-refractivity contribution is -0.117. The summed E-state index contributed by atoms with van der Waals surface area (Å²) in [4.78, 5) is 15.9. The maximum absolute atomic E-state index is 11.3. The lowest BCUT2D eigenvalue weighted by Crippen LogP contribution is -2.15. The molecule has 1 amide bonds. The van der Waals surface area contributed by atoms with Crippen LogP contribution in [0.2, 0.25) is 0 Å². The van der Waals surface area contributed by atoms with Crippen LogP contribution in [-0.4, -0.2) is 30.9 Å². The van der Waals surface area contributed by atoms with Gasteiger partial charge in [0, 0.05) is 17.8 Å². The molecule has 4 rings (SSSR count). The predicted octanol–water partition coefficient (Wildman–Crippen LogP) is 2.06. The normalized spacial score (nSPS) is 16.3. The smallest absolute Gasteiger partial charge is 0.225 e. The molecule has 3 N–H and O–H groups in total. The molecule has 2 heterocycles. The third-order valence-electron chi connectivity index (χ3n) is 5.11. The van der Waals surface area contributed by atoms with Crippen LogP contribution in [0.5, 0.6) is 0 Å². The highest BCUT2D eigenvalue weighted by Gasteiger charge is 2.25. The van der Waals surface area contributed by atoms with Crippen LogP contribution in [0.1, 0.15) is 36.0 Å². The van der Waals surface area contributed by atoms with Crippen LogP contribution in [-0.2, 0) is 37.0 Å². The second kappa shape index (κ2) is 7.34. The Kier molecular flexibility index (Phi) is 4.75. The molecule has 1 atom stereocenters. The van der Waals surface area contributed by atoms with Crippen LogP contribution in [0.15, 0.2) is 30.3 Å². The molecule has 1 aromatic carbocycles. The Balaban J connectivity index is 1.67. The highest BCUT2D eigenvalue weighted by Crippen LogP contribution is 2.31. The summed E-state index contributed by atoms with van der Waals surface area (Å²) in [6.07, 6.45) is 4.03. The minimum atomic E-state index is -0.431. The van der Waals surface area contributed by atoms with E-state index in [0.717, 1.165) is 25.0 Å². The van der Waals surface area contributed by atoms with Gasteiger partial charge in [-0.3, -0.25) is 9.89 Å². The van der Waals surface area contributed by atoms with Gasteiger partial charge in [-0.25, -0.2) is 9.67 Å². The van der Waals surface area contributed by atoms with Crippen LogP contribution in [0.4, 0.5) is 0 Å². The zero-order valence-corrected chi connectivity index (χ0v) is 15.5. The van der Waals surface area contributed by atoms with E-state index in [2.05, 4.69) is 39.3 Å². The summed E-state index contributed by atoms with van der Waals surface area (Å²) in [7, 11) is 0. The van der Waals surface area contributed by atoms with Gasteiger partial charge in [-0.1, -0.05) is 37.3 Å². The second-order valence-electron chi connectivity index (χ2n) is 7.33. The van der Waals surface area contributed by atoms with Crippen LogP contribution < -0.4 is 5.73 Å². The molecule has 27 heavy (non-hydrogen) atoms. The summed E-state index contributed by atoms with van der Waals surface area (Å²) < 4.78 is 1.86. The summed E-state index contributed by atoms with van der Waals surface area (Å²) in [5.74, 6) is 1.36. The molecular formula is C20H24N6O. The number of nitrogens with one attached hydrogen (secondary N) is 1. The summed E-state index contributed by atoms with van der Waals surface area (Å²) in [6.45, 7) is 2.93. The number of fused-ring (bicyclic) bond motifs is 1. The summed E-state index contributed by atoms with van der Waals surface area (Å²) in [5, 5.41) is 12.3. The number of benzene rings is 1. The van der Waals surface area contributed by atoms with Gasteiger partial charge >= 0.3 is 0 Å². The highest BCUT2D eigenvalue weighted by atomic mass is 16.1. The quantitative estimate of drug-likeness (QED) is 0.699. The van der Waals surface area contributed by atoms with Gasteiger partial charge in [-0.05, 0) is 37.2 Å². The van der Waals surface area contributed by atoms with Crippen molar-refractivity contribution < 1.29 is 4.79 Å². The third-order valence-corrected chi connectivity index (χ3v) is 5.11. The molecule has 2 aromatic heterocycles. The molecule has 3 aromatic rings. The van der Waals surface area contributed by atoms with E-state index < -0.39 is 5.91 Å². The van der Waals surface area contributed by atoms with E-state index in [1.165, 1.54) is 23.2 Å². The molecule has 7 heteroatoms. The van der Waals surface area contributed by atoms with Gasteiger partial charge in [0.1, 0.15) is 5.69 Å². The monoisotopic (exact) mass is 364 g/mol. The number of nitrogens with zero attached hydrogens (tertiary/aromatic N) is 4. The van der Waals surface area contributed by atoms with Crippen molar-refractivity contribution in [1.29, 1.82) is 0 Å². The molecule has 7 nitrogen and oxygen atoms in total. The average molecular weight is 364 g/mol. The minimum absolute atomic E-state index is 0.0361. The summed E-state index contributed by atoms with van der Waals surface area (Å²) in [5.41, 5.74) is 9.85. The number of primary amides is 1. The number of nitrogens with two attached hydrogens (primary N) is 1. The molecule has 0 radical (unpaired) electrons. The van der Waals surface area contributed by atoms with E-state index in [-0.39, 0.29) is 6.42 Å². The molecule has 1 aliphatic rings. The first-order valence-electron chi connectivity index (χ1n) is 9.42. The second-order valence-corrected chi connectivity index (χ2v) is 7.33. The third kappa shape index (κ3) is 3.77. The Morgan fingerprint density at radius 2 is 2.15 bits per heavy atom. The molecule has 0 unspecified atom stereocenters. The number of aromatic nitrogens is 5. The molecule has 140 valence electrons. The van der Waals surface area contributed by atoms with Crippen molar-refractivity contribution in [2.24, 2.45) is 11.7 Å². The number of carbonyl (C=O) groups excluding carboxylic acids is 1. The first-order chi connectivity index (χ1) is 13.1. The fourth-order valence-electron chi connectivity index (χ4n) is 3.68. The fraction of sp³-hybridized carbons (Fsp3) is 0.400. The maximum Gasteiger partial charge on any atom is 0.225 e. The Morgan fingerprint density at radius 1 is 1.33 bits per heavy atom. The van der Waals surface area contributed by atoms with Crippen molar-refractivity contribution in [3.63, 3.8) is 0 Å². The van der Waals surface area contributed by atoms with Gasteiger partial charge in [-0.15, -0.1) is 0 Å². The van der Waals surface area contributed by atoms with Gasteiger partial charge in [0.2, 0.25) is 5.91 Å². The minimum Gasteiger partial charge on any atom is -0.369 e. The van der Waals surface area contributed by atoms with Gasteiger partial charge in [0.05, 0.1) is 6.42 Å². The Hall–Kier alpha value is -2.96. The number of rotatable bonds is 6. The number of aromatic amines is 1. The van der Waals surface area contributed by atoms with E-state index in [4.69, 9.17) is 5.73 Å². The first kappa shape index (κ1) is 17.5. The van der Waals surface area contributed by atoms with E-state index in [9.17, 15) is 4.79 Å². The van der Waals surface area contributed by atoms with Gasteiger partial charge in [0.25, 0.3) is 0 Å². The topological polar surface area (TPSA) is 102 Å². The van der Waals surface area contributed by atoms with Crippen molar-refractivity contribution in [2.75, 3.05) is 0 Å². The zero-order valence-electron chi connectivity index (χ0n) is 15.5. The number of carbonyl (C=O) groups is 1. The molecule has 1 aliphatic carbocycles. The van der Waals surface area contributed by atoms with E-state index >= 15 is 0 Å². The van der Waals surface area contributed by atoms with Crippen molar-refractivity contribution in [3.8, 4) is 11.5 Å². The molecule has 0 saturated carbocycles. The van der Waals surface area contributed by atoms with Crippen LogP contribution in [0.25, 0.3) is 11.5 Å². The maximum atomic E-state index is 11.3. The average Bonchev–Trinajstić information content (AvgIpc) is 3.23. The van der Waals surface area contributed by atoms with Gasteiger partial charge in [-0.2, -0.15) is 10.2 Å². The number of aryl methyl sites for hydroxylation is 3. The van der Waals surface area contributed by atoms with Crippen LogP contribution in [0, 0.1) is 5.92 Å². The van der Waals surface area contributed by atoms with Crippen molar-refractivity contribution in [2.45, 2.75) is 45.6 Å².